The number of fused-ring (bicyclic) bond motifs is 1. The Morgan fingerprint density at radius 1 is 1.53 bits per heavy atom. The van der Waals surface area contributed by atoms with Crippen LogP contribution in [0.1, 0.15) is 18.7 Å². The Bertz CT molecular complexity index is 636. The van der Waals surface area contributed by atoms with Gasteiger partial charge in [-0.2, -0.15) is 0 Å². The van der Waals surface area contributed by atoms with Crippen molar-refractivity contribution >= 4 is 28.5 Å². The van der Waals surface area contributed by atoms with Gasteiger partial charge in [0.15, 0.2) is 0 Å². The molecule has 1 amide bonds. The Hall–Kier alpha value is -1.62. The van der Waals surface area contributed by atoms with Gasteiger partial charge in [0.25, 0.3) is 0 Å². The van der Waals surface area contributed by atoms with Crippen molar-refractivity contribution in [3.05, 3.63) is 29.8 Å². The fourth-order valence-electron chi connectivity index (χ4n) is 2.07. The van der Waals surface area contributed by atoms with Crippen molar-refractivity contribution in [2.24, 2.45) is 0 Å². The second-order valence-electron chi connectivity index (χ2n) is 4.72. The third-order valence-electron chi connectivity index (χ3n) is 3.15. The molecule has 19 heavy (non-hydrogen) atoms. The molecule has 1 heterocycles. The van der Waals surface area contributed by atoms with Crippen LogP contribution >= 0.6 is 11.6 Å². The SMILES string of the molecule is O=C(Cn1c(CCl)nc2ccc(F)cc21)NC1CC1. The van der Waals surface area contributed by atoms with Gasteiger partial charge in [-0.15, -0.1) is 11.6 Å². The van der Waals surface area contributed by atoms with E-state index in [0.29, 0.717) is 22.9 Å². The van der Waals surface area contributed by atoms with Crippen molar-refractivity contribution in [1.82, 2.24) is 14.9 Å². The van der Waals surface area contributed by atoms with Crippen molar-refractivity contribution < 1.29 is 9.18 Å². The number of alkyl halides is 1. The second kappa shape index (κ2) is 4.81. The van der Waals surface area contributed by atoms with E-state index in [-0.39, 0.29) is 24.1 Å². The maximum Gasteiger partial charge on any atom is 0.240 e. The summed E-state index contributed by atoms with van der Waals surface area (Å²) in [7, 11) is 0. The number of rotatable bonds is 4. The summed E-state index contributed by atoms with van der Waals surface area (Å²) in [6.07, 6.45) is 2.07. The first-order valence-corrected chi connectivity index (χ1v) is 6.71. The number of benzene rings is 1. The quantitative estimate of drug-likeness (QED) is 0.874. The lowest BCUT2D eigenvalue weighted by Crippen LogP contribution is -2.29. The number of carbonyl (C=O) groups excluding carboxylic acids is 1. The molecule has 0 bridgehead atoms. The summed E-state index contributed by atoms with van der Waals surface area (Å²) in [6, 6.07) is 4.62. The van der Waals surface area contributed by atoms with Gasteiger partial charge in [0.05, 0.1) is 16.9 Å². The molecule has 0 atom stereocenters. The van der Waals surface area contributed by atoms with Crippen LogP contribution in [0.15, 0.2) is 18.2 Å². The van der Waals surface area contributed by atoms with Crippen LogP contribution in [-0.2, 0) is 17.2 Å². The molecule has 0 saturated heterocycles. The predicted molar refractivity (Wildman–Crippen MR) is 70.4 cm³/mol. The van der Waals surface area contributed by atoms with Crippen molar-refractivity contribution in [2.75, 3.05) is 0 Å². The first-order chi connectivity index (χ1) is 9.17. The summed E-state index contributed by atoms with van der Waals surface area (Å²) in [5, 5.41) is 2.90. The molecule has 1 saturated carbocycles. The average Bonchev–Trinajstić information content (AvgIpc) is 3.12. The van der Waals surface area contributed by atoms with E-state index < -0.39 is 0 Å². The third-order valence-corrected chi connectivity index (χ3v) is 3.39. The first kappa shape index (κ1) is 12.4. The molecular formula is C13H13ClFN3O. The molecule has 1 aliphatic rings. The van der Waals surface area contributed by atoms with E-state index in [1.165, 1.54) is 12.1 Å². The van der Waals surface area contributed by atoms with Gasteiger partial charge in [-0.1, -0.05) is 0 Å². The molecule has 0 radical (unpaired) electrons. The molecule has 3 rings (SSSR count). The van der Waals surface area contributed by atoms with Crippen molar-refractivity contribution in [1.29, 1.82) is 0 Å². The van der Waals surface area contributed by atoms with E-state index in [0.717, 1.165) is 12.8 Å². The molecule has 1 aromatic carbocycles. The van der Waals surface area contributed by atoms with Crippen LogP contribution in [0.2, 0.25) is 0 Å². The topological polar surface area (TPSA) is 46.9 Å². The van der Waals surface area contributed by atoms with Crippen LogP contribution in [0.5, 0.6) is 0 Å². The zero-order chi connectivity index (χ0) is 13.4. The van der Waals surface area contributed by atoms with E-state index in [2.05, 4.69) is 10.3 Å². The Labute approximate surface area is 114 Å². The molecular weight excluding hydrogens is 269 g/mol. The highest BCUT2D eigenvalue weighted by molar-refractivity contribution is 6.16. The molecule has 0 aliphatic heterocycles. The van der Waals surface area contributed by atoms with Gasteiger partial charge in [-0.05, 0) is 31.0 Å². The van der Waals surface area contributed by atoms with Gasteiger partial charge >= 0.3 is 0 Å². The summed E-state index contributed by atoms with van der Waals surface area (Å²) < 4.78 is 15.0. The number of aromatic nitrogens is 2. The number of hydrogen-bond donors (Lipinski definition) is 1. The molecule has 4 nitrogen and oxygen atoms in total. The van der Waals surface area contributed by atoms with Crippen molar-refractivity contribution in [3.63, 3.8) is 0 Å². The number of nitrogens with zero attached hydrogens (tertiary/aromatic N) is 2. The molecule has 0 spiro atoms. The van der Waals surface area contributed by atoms with E-state index in [1.807, 2.05) is 0 Å². The van der Waals surface area contributed by atoms with Gasteiger partial charge < -0.3 is 9.88 Å². The lowest BCUT2D eigenvalue weighted by molar-refractivity contribution is -0.121. The number of carbonyl (C=O) groups is 1. The van der Waals surface area contributed by atoms with E-state index in [1.54, 1.807) is 10.6 Å². The van der Waals surface area contributed by atoms with Gasteiger partial charge in [0.2, 0.25) is 5.91 Å². The summed E-state index contributed by atoms with van der Waals surface area (Å²) in [4.78, 5) is 16.2. The molecule has 1 aromatic heterocycles. The van der Waals surface area contributed by atoms with Crippen LogP contribution in [0, 0.1) is 5.82 Å². The van der Waals surface area contributed by atoms with Gasteiger partial charge in [0.1, 0.15) is 18.2 Å². The molecule has 1 fully saturated rings. The fraction of sp³-hybridized carbons (Fsp3) is 0.385. The minimum absolute atomic E-state index is 0.0857. The number of imidazole rings is 1. The highest BCUT2D eigenvalue weighted by Gasteiger charge is 2.24. The summed E-state index contributed by atoms with van der Waals surface area (Å²) in [5.41, 5.74) is 1.25. The van der Waals surface area contributed by atoms with Crippen LogP contribution < -0.4 is 5.32 Å². The lowest BCUT2D eigenvalue weighted by atomic mass is 10.3. The highest BCUT2D eigenvalue weighted by atomic mass is 35.5. The number of nitrogens with one attached hydrogen (secondary N) is 1. The first-order valence-electron chi connectivity index (χ1n) is 6.17. The number of halogens is 2. The van der Waals surface area contributed by atoms with E-state index in [9.17, 15) is 9.18 Å². The largest absolute Gasteiger partial charge is 0.352 e. The van der Waals surface area contributed by atoms with Crippen LogP contribution in [0.3, 0.4) is 0 Å². The maximum atomic E-state index is 13.3. The zero-order valence-corrected chi connectivity index (χ0v) is 11.0. The molecule has 100 valence electrons. The fourth-order valence-corrected chi connectivity index (χ4v) is 2.27. The van der Waals surface area contributed by atoms with E-state index in [4.69, 9.17) is 11.6 Å². The zero-order valence-electron chi connectivity index (χ0n) is 10.2. The second-order valence-corrected chi connectivity index (χ2v) is 4.99. The summed E-state index contributed by atoms with van der Waals surface area (Å²) in [6.45, 7) is 0.124. The standard InChI is InChI=1S/C13H13ClFN3O/c14-6-12-17-10-4-1-8(15)5-11(10)18(12)7-13(19)16-9-2-3-9/h1,4-5,9H,2-3,6-7H2,(H,16,19). The van der Waals surface area contributed by atoms with E-state index >= 15 is 0 Å². The number of amides is 1. The lowest BCUT2D eigenvalue weighted by Gasteiger charge is -2.08. The molecule has 1 N–H and O–H groups in total. The summed E-state index contributed by atoms with van der Waals surface area (Å²) in [5.74, 6) is 0.329. The highest BCUT2D eigenvalue weighted by Crippen LogP contribution is 2.21. The van der Waals surface area contributed by atoms with Gasteiger partial charge in [-0.25, -0.2) is 9.37 Å². The average molecular weight is 282 g/mol. The maximum absolute atomic E-state index is 13.3. The minimum Gasteiger partial charge on any atom is -0.352 e. The van der Waals surface area contributed by atoms with Crippen molar-refractivity contribution in [3.8, 4) is 0 Å². The van der Waals surface area contributed by atoms with Gasteiger partial charge in [-0.3, -0.25) is 4.79 Å². The Balaban J connectivity index is 1.94. The number of hydrogen-bond acceptors (Lipinski definition) is 2. The Morgan fingerprint density at radius 2 is 2.32 bits per heavy atom. The van der Waals surface area contributed by atoms with Crippen LogP contribution in [0.4, 0.5) is 4.39 Å². The normalized spacial score (nSPS) is 14.8. The molecule has 6 heteroatoms. The summed E-state index contributed by atoms with van der Waals surface area (Å²) >= 11 is 5.84. The molecule has 2 aromatic rings. The van der Waals surface area contributed by atoms with Crippen LogP contribution in [0.25, 0.3) is 11.0 Å². The van der Waals surface area contributed by atoms with Gasteiger partial charge in [0, 0.05) is 6.04 Å². The van der Waals surface area contributed by atoms with Crippen LogP contribution in [-0.4, -0.2) is 21.5 Å². The predicted octanol–water partition coefficient (Wildman–Crippen LogP) is 2.19. The minimum atomic E-state index is -0.350. The molecule has 1 aliphatic carbocycles. The monoisotopic (exact) mass is 281 g/mol. The smallest absolute Gasteiger partial charge is 0.240 e. The molecule has 0 unspecified atom stereocenters. The Kier molecular flexibility index (Phi) is 3.14. The van der Waals surface area contributed by atoms with Crippen molar-refractivity contribution in [2.45, 2.75) is 31.3 Å². The Morgan fingerprint density at radius 3 is 3.00 bits per heavy atom. The third kappa shape index (κ3) is 2.56.